The number of rotatable bonds is 12. The minimum absolute atomic E-state index is 0.203. The number of hydrogen-bond donors (Lipinski definition) is 0. The maximum absolute atomic E-state index is 6.37. The lowest BCUT2D eigenvalue weighted by atomic mass is 9.71. The van der Waals surface area contributed by atoms with Crippen LogP contribution in [0.5, 0.6) is 5.75 Å². The van der Waals surface area contributed by atoms with Gasteiger partial charge in [-0.2, -0.15) is 0 Å². The number of aromatic nitrogens is 4. The standard InChI is InChI=1S/C46H51N5O2S/c1-31-10-14-36(15-11-31)45(4,5)39-20-23-42(54-41-27-47-43(48-28-41)44-50-49-33(3)53-44)35(25-39)26-46(6,37-16-12-32(2)13-17-37)38-18-21-40(22-19-38)52-30-34-9-8-24-51(7)29-34/h10-23,25,27-28,34H,8-9,24,26,29-30H2,1-7H3. The Morgan fingerprint density at radius 2 is 1.39 bits per heavy atom. The average Bonchev–Trinajstić information content (AvgIpc) is 3.61. The summed E-state index contributed by atoms with van der Waals surface area (Å²) in [5.41, 5.74) is 8.31. The fourth-order valence-electron chi connectivity index (χ4n) is 7.55. The van der Waals surface area contributed by atoms with Crippen molar-refractivity contribution in [2.45, 2.75) is 81.4 Å². The van der Waals surface area contributed by atoms with Crippen LogP contribution in [0.4, 0.5) is 0 Å². The fourth-order valence-corrected chi connectivity index (χ4v) is 8.41. The summed E-state index contributed by atoms with van der Waals surface area (Å²) >= 11 is 1.68. The predicted molar refractivity (Wildman–Crippen MR) is 217 cm³/mol. The molecule has 0 bridgehead atoms. The van der Waals surface area contributed by atoms with Crippen LogP contribution in [0, 0.1) is 26.7 Å². The number of nitrogens with zero attached hydrogens (tertiary/aromatic N) is 5. The van der Waals surface area contributed by atoms with Crippen LogP contribution in [-0.2, 0) is 17.3 Å². The molecule has 3 heterocycles. The van der Waals surface area contributed by atoms with Gasteiger partial charge in [-0.05, 0) is 92.7 Å². The third kappa shape index (κ3) is 8.45. The first kappa shape index (κ1) is 37.5. The fraction of sp³-hybridized carbons (Fsp3) is 0.348. The molecule has 2 atom stereocenters. The average molecular weight is 738 g/mol. The highest BCUT2D eigenvalue weighted by atomic mass is 32.2. The summed E-state index contributed by atoms with van der Waals surface area (Å²) in [4.78, 5) is 13.7. The van der Waals surface area contributed by atoms with Crippen LogP contribution in [0.15, 0.2) is 118 Å². The van der Waals surface area contributed by atoms with Crippen LogP contribution in [-0.4, -0.2) is 51.8 Å². The van der Waals surface area contributed by atoms with Crippen molar-refractivity contribution in [1.82, 2.24) is 25.1 Å². The molecule has 8 heteroatoms. The predicted octanol–water partition coefficient (Wildman–Crippen LogP) is 10.2. The molecule has 0 spiro atoms. The summed E-state index contributed by atoms with van der Waals surface area (Å²) < 4.78 is 11.9. The SMILES string of the molecule is Cc1ccc(C(C)(C)c2ccc(Sc3cnc(-c4nnc(C)o4)nc3)c(CC(C)(c3ccc(C)cc3)c3ccc(OCC4CCCN(C)C4)cc3)c2)cc1. The highest BCUT2D eigenvalue weighted by Gasteiger charge is 2.32. The lowest BCUT2D eigenvalue weighted by molar-refractivity contribution is 0.150. The van der Waals surface area contributed by atoms with Gasteiger partial charge in [0, 0.05) is 52.4 Å². The van der Waals surface area contributed by atoms with Crippen LogP contribution >= 0.6 is 11.8 Å². The first-order valence-corrected chi connectivity index (χ1v) is 19.8. The van der Waals surface area contributed by atoms with Crippen molar-refractivity contribution in [2.24, 2.45) is 5.92 Å². The Kier molecular flexibility index (Phi) is 11.0. The first-order chi connectivity index (χ1) is 26.0. The smallest absolute Gasteiger partial charge is 0.285 e. The molecule has 7 nitrogen and oxygen atoms in total. The van der Waals surface area contributed by atoms with Crippen molar-refractivity contribution in [1.29, 1.82) is 0 Å². The highest BCUT2D eigenvalue weighted by molar-refractivity contribution is 7.99. The van der Waals surface area contributed by atoms with E-state index in [1.807, 2.05) is 12.4 Å². The largest absolute Gasteiger partial charge is 0.493 e. The van der Waals surface area contributed by atoms with Crippen LogP contribution in [0.25, 0.3) is 11.7 Å². The lowest BCUT2D eigenvalue weighted by Crippen LogP contribution is -2.34. The molecule has 0 amide bonds. The molecule has 6 aromatic rings. The molecule has 1 fully saturated rings. The number of ether oxygens (including phenoxy) is 1. The summed E-state index contributed by atoms with van der Waals surface area (Å²) in [5, 5.41) is 8.02. The topological polar surface area (TPSA) is 77.2 Å². The van der Waals surface area contributed by atoms with Gasteiger partial charge in [0.1, 0.15) is 5.75 Å². The monoisotopic (exact) mass is 737 g/mol. The number of piperidine rings is 1. The van der Waals surface area contributed by atoms with E-state index in [1.165, 1.54) is 63.2 Å². The Bertz CT molecular complexity index is 2160. The second kappa shape index (κ2) is 15.9. The van der Waals surface area contributed by atoms with Gasteiger partial charge >= 0.3 is 0 Å². The summed E-state index contributed by atoms with van der Waals surface area (Å²) in [7, 11) is 2.21. The van der Waals surface area contributed by atoms with Crippen molar-refractivity contribution in [3.63, 3.8) is 0 Å². The van der Waals surface area contributed by atoms with Crippen molar-refractivity contribution < 1.29 is 9.15 Å². The molecule has 54 heavy (non-hydrogen) atoms. The molecular weight excluding hydrogens is 687 g/mol. The third-order valence-electron chi connectivity index (χ3n) is 11.1. The second-order valence-electron chi connectivity index (χ2n) is 15.8. The quantitative estimate of drug-likeness (QED) is 0.123. The van der Waals surface area contributed by atoms with Crippen LogP contribution in [0.1, 0.15) is 78.4 Å². The van der Waals surface area contributed by atoms with Gasteiger partial charge in [0.25, 0.3) is 5.89 Å². The first-order valence-electron chi connectivity index (χ1n) is 19.0. The summed E-state index contributed by atoms with van der Waals surface area (Å²) in [6.07, 6.45) is 6.92. The van der Waals surface area contributed by atoms with Crippen LogP contribution in [0.2, 0.25) is 0 Å². The Balaban J connectivity index is 1.25. The minimum atomic E-state index is -0.337. The molecule has 4 aromatic carbocycles. The zero-order valence-corrected chi connectivity index (χ0v) is 33.4. The van der Waals surface area contributed by atoms with Gasteiger partial charge in [0.05, 0.1) is 6.61 Å². The molecule has 0 aliphatic carbocycles. The number of hydrogen-bond acceptors (Lipinski definition) is 8. The van der Waals surface area contributed by atoms with E-state index in [1.54, 1.807) is 18.7 Å². The zero-order valence-electron chi connectivity index (χ0n) is 32.6. The van der Waals surface area contributed by atoms with E-state index < -0.39 is 0 Å². The molecule has 1 aliphatic heterocycles. The van der Waals surface area contributed by atoms with Gasteiger partial charge < -0.3 is 14.1 Å². The molecule has 1 aliphatic rings. The van der Waals surface area contributed by atoms with Crippen molar-refractivity contribution in [3.05, 3.63) is 148 Å². The molecular formula is C46H51N5O2S. The Morgan fingerprint density at radius 3 is 2.00 bits per heavy atom. The Labute approximate surface area is 324 Å². The van der Waals surface area contributed by atoms with Crippen LogP contribution < -0.4 is 4.74 Å². The lowest BCUT2D eigenvalue weighted by Gasteiger charge is -2.34. The molecule has 2 aromatic heterocycles. The van der Waals surface area contributed by atoms with Gasteiger partial charge in [0.15, 0.2) is 0 Å². The normalized spacial score (nSPS) is 16.2. The molecule has 278 valence electrons. The minimum Gasteiger partial charge on any atom is -0.493 e. The third-order valence-corrected chi connectivity index (χ3v) is 12.1. The van der Waals surface area contributed by atoms with E-state index in [9.17, 15) is 0 Å². The molecule has 0 radical (unpaired) electrons. The Morgan fingerprint density at radius 1 is 0.778 bits per heavy atom. The molecule has 0 N–H and O–H groups in total. The van der Waals surface area contributed by atoms with Gasteiger partial charge in [0.2, 0.25) is 11.7 Å². The van der Waals surface area contributed by atoms with Crippen molar-refractivity contribution in [2.75, 3.05) is 26.7 Å². The molecule has 1 saturated heterocycles. The van der Waals surface area contributed by atoms with Gasteiger partial charge in [-0.25, -0.2) is 9.97 Å². The van der Waals surface area contributed by atoms with Gasteiger partial charge in [-0.3, -0.25) is 0 Å². The summed E-state index contributed by atoms with van der Waals surface area (Å²) in [6.45, 7) is 16.1. The van der Waals surface area contributed by atoms with Crippen molar-refractivity contribution >= 4 is 11.8 Å². The van der Waals surface area contributed by atoms with Gasteiger partial charge in [-0.15, -0.1) is 10.2 Å². The van der Waals surface area contributed by atoms with Crippen molar-refractivity contribution in [3.8, 4) is 17.5 Å². The van der Waals surface area contributed by atoms with Crippen LogP contribution in [0.3, 0.4) is 0 Å². The zero-order chi connectivity index (χ0) is 37.9. The Hall–Kier alpha value is -4.79. The number of aryl methyl sites for hydroxylation is 3. The van der Waals surface area contributed by atoms with E-state index in [0.717, 1.165) is 30.2 Å². The summed E-state index contributed by atoms with van der Waals surface area (Å²) in [6, 6.07) is 33.8. The molecule has 0 saturated carbocycles. The summed E-state index contributed by atoms with van der Waals surface area (Å²) in [5.74, 6) is 2.71. The van der Waals surface area contributed by atoms with E-state index in [2.05, 4.69) is 158 Å². The van der Waals surface area contributed by atoms with E-state index >= 15 is 0 Å². The number of likely N-dealkylation sites (tertiary alicyclic amines) is 1. The highest BCUT2D eigenvalue weighted by Crippen LogP contribution is 2.42. The number of benzene rings is 4. The van der Waals surface area contributed by atoms with E-state index in [-0.39, 0.29) is 10.8 Å². The second-order valence-corrected chi connectivity index (χ2v) is 16.9. The maximum Gasteiger partial charge on any atom is 0.285 e. The molecule has 2 unspecified atom stereocenters. The maximum atomic E-state index is 6.37. The molecule has 7 rings (SSSR count). The van der Waals surface area contributed by atoms with E-state index in [0.29, 0.717) is 23.5 Å². The van der Waals surface area contributed by atoms with E-state index in [4.69, 9.17) is 9.15 Å². The van der Waals surface area contributed by atoms with Gasteiger partial charge in [-0.1, -0.05) is 116 Å².